The van der Waals surface area contributed by atoms with Crippen LogP contribution in [0.4, 0.5) is 0 Å². The zero-order valence-electron chi connectivity index (χ0n) is 38.2. The Morgan fingerprint density at radius 3 is 1.44 bits per heavy atom. The van der Waals surface area contributed by atoms with Crippen LogP contribution in [0.5, 0.6) is 0 Å². The number of nitrogens with zero attached hydrogens (tertiary/aromatic N) is 5. The van der Waals surface area contributed by atoms with Crippen molar-refractivity contribution in [3.05, 3.63) is 224 Å². The molecule has 0 fully saturated rings. The predicted molar refractivity (Wildman–Crippen MR) is 256 cm³/mol. The first-order valence-electron chi connectivity index (χ1n) is 23.0. The molecule has 0 N–H and O–H groups in total. The monoisotopic (exact) mass is 796 g/mol. The molecule has 0 amide bonds. The van der Waals surface area contributed by atoms with Gasteiger partial charge in [0.25, 0.3) is 0 Å². The number of para-hydroxylation sites is 4. The molecule has 12 rings (SSSR count). The lowest BCUT2D eigenvalue weighted by molar-refractivity contribution is 1.07. The Morgan fingerprint density at radius 1 is 0.323 bits per heavy atom. The second-order valence-electron chi connectivity index (χ2n) is 15.2. The van der Waals surface area contributed by atoms with E-state index in [0.29, 0.717) is 17.0 Å². The van der Waals surface area contributed by atoms with Gasteiger partial charge in [-0.2, -0.15) is 0 Å². The zero-order valence-corrected chi connectivity index (χ0v) is 33.2. The third-order valence-corrected chi connectivity index (χ3v) is 11.7. The molecule has 0 unspecified atom stereocenters. The summed E-state index contributed by atoms with van der Waals surface area (Å²) in [5.74, 6) is 0.553. The summed E-state index contributed by atoms with van der Waals surface area (Å²) in [6.07, 6.45) is 0. The van der Waals surface area contributed by atoms with Gasteiger partial charge in [-0.05, 0) is 47.0 Å². The third-order valence-electron chi connectivity index (χ3n) is 11.7. The Bertz CT molecular complexity index is 3840. The van der Waals surface area contributed by atoms with Crippen LogP contribution >= 0.6 is 0 Å². The average molecular weight is 797 g/mol. The summed E-state index contributed by atoms with van der Waals surface area (Å²) in [7, 11) is 0. The van der Waals surface area contributed by atoms with Crippen molar-refractivity contribution >= 4 is 43.6 Å². The van der Waals surface area contributed by atoms with Crippen LogP contribution in [0, 0.1) is 0 Å². The lowest BCUT2D eigenvalue weighted by Gasteiger charge is -2.18. The van der Waals surface area contributed by atoms with Gasteiger partial charge in [-0.3, -0.25) is 0 Å². The van der Waals surface area contributed by atoms with Crippen LogP contribution < -0.4 is 0 Å². The van der Waals surface area contributed by atoms with E-state index >= 15 is 0 Å². The molecule has 0 aliphatic carbocycles. The second-order valence-corrected chi connectivity index (χ2v) is 15.2. The van der Waals surface area contributed by atoms with Gasteiger partial charge in [0.2, 0.25) is 0 Å². The van der Waals surface area contributed by atoms with E-state index in [4.69, 9.17) is 21.8 Å². The molecule has 0 aliphatic heterocycles. The molecule has 5 nitrogen and oxygen atoms in total. The number of rotatable bonds is 7. The third kappa shape index (κ3) is 5.90. The van der Waals surface area contributed by atoms with Gasteiger partial charge in [-0.25, -0.2) is 15.0 Å². The van der Waals surface area contributed by atoms with Gasteiger partial charge in [-0.1, -0.05) is 194 Å². The van der Waals surface area contributed by atoms with Gasteiger partial charge >= 0.3 is 0 Å². The molecule has 0 radical (unpaired) electrons. The summed E-state index contributed by atoms with van der Waals surface area (Å²) >= 11 is 0. The largest absolute Gasteiger partial charge is 0.307 e. The summed E-state index contributed by atoms with van der Waals surface area (Å²) in [5, 5.41) is 4.51. The molecule has 0 saturated carbocycles. The molecule has 290 valence electrons. The maximum atomic E-state index is 8.95. The summed E-state index contributed by atoms with van der Waals surface area (Å²) in [6.45, 7) is 0. The molecule has 0 aliphatic rings. The standard InChI is InChI=1S/C57H37N5/c1-4-17-38(18-5-1)39-31-33-42(34-32-39)56-58-55(41-21-8-3-9-22-41)59-57(60-56)43-35-36-44(40-19-6-2-7-20-40)53(37-43)62-51-29-15-12-25-47(51)48-26-16-30-52(54(48)62)61-49-27-13-10-23-45(49)46-24-11-14-28-50(46)61/h1-37H/i3D,8D,9D,21D,22D. The van der Waals surface area contributed by atoms with Gasteiger partial charge in [0, 0.05) is 43.8 Å². The highest BCUT2D eigenvalue weighted by Gasteiger charge is 2.23. The van der Waals surface area contributed by atoms with E-state index in [-0.39, 0.29) is 17.2 Å². The van der Waals surface area contributed by atoms with Crippen LogP contribution in [-0.2, 0) is 0 Å². The van der Waals surface area contributed by atoms with E-state index in [1.54, 1.807) is 0 Å². The van der Waals surface area contributed by atoms with Crippen molar-refractivity contribution in [2.75, 3.05) is 0 Å². The van der Waals surface area contributed by atoms with E-state index < -0.39 is 30.2 Å². The van der Waals surface area contributed by atoms with E-state index in [1.165, 1.54) is 10.8 Å². The van der Waals surface area contributed by atoms with Gasteiger partial charge < -0.3 is 9.13 Å². The molecule has 3 heterocycles. The topological polar surface area (TPSA) is 48.5 Å². The molecule has 3 aromatic heterocycles. The van der Waals surface area contributed by atoms with Gasteiger partial charge in [0.05, 0.1) is 40.3 Å². The highest BCUT2D eigenvalue weighted by molar-refractivity contribution is 6.15. The maximum Gasteiger partial charge on any atom is 0.164 e. The Labute approximate surface area is 365 Å². The van der Waals surface area contributed by atoms with E-state index in [2.05, 4.69) is 124 Å². The highest BCUT2D eigenvalue weighted by Crippen LogP contribution is 2.42. The molecular formula is C57H37N5. The van der Waals surface area contributed by atoms with Crippen molar-refractivity contribution in [2.45, 2.75) is 0 Å². The van der Waals surface area contributed by atoms with E-state index in [0.717, 1.165) is 66.5 Å². The van der Waals surface area contributed by atoms with Gasteiger partial charge in [0.1, 0.15) is 0 Å². The predicted octanol–water partition coefficient (Wildman–Crippen LogP) is 14.4. The lowest BCUT2D eigenvalue weighted by Crippen LogP contribution is -2.04. The van der Waals surface area contributed by atoms with Crippen LogP contribution in [-0.4, -0.2) is 24.1 Å². The Balaban J connectivity index is 1.15. The summed E-state index contributed by atoms with van der Waals surface area (Å²) < 4.78 is 48.0. The number of aromatic nitrogens is 5. The normalized spacial score (nSPS) is 12.7. The minimum Gasteiger partial charge on any atom is -0.307 e. The summed E-state index contributed by atoms with van der Waals surface area (Å²) in [6, 6.07) is 64.3. The number of benzene rings is 9. The molecule has 9 aromatic carbocycles. The average Bonchev–Trinajstić information content (AvgIpc) is 3.91. The van der Waals surface area contributed by atoms with Crippen molar-refractivity contribution in [3.63, 3.8) is 0 Å². The quantitative estimate of drug-likeness (QED) is 0.161. The van der Waals surface area contributed by atoms with Crippen molar-refractivity contribution < 1.29 is 6.85 Å². The molecule has 5 heteroatoms. The number of fused-ring (bicyclic) bond motifs is 6. The van der Waals surface area contributed by atoms with Crippen LogP contribution in [0.1, 0.15) is 6.85 Å². The Hall–Kier alpha value is -8.41. The van der Waals surface area contributed by atoms with Crippen LogP contribution in [0.3, 0.4) is 0 Å². The molecule has 12 aromatic rings. The van der Waals surface area contributed by atoms with Crippen LogP contribution in [0.15, 0.2) is 224 Å². The van der Waals surface area contributed by atoms with Crippen LogP contribution in [0.25, 0.3) is 111 Å². The summed E-state index contributed by atoms with van der Waals surface area (Å²) in [4.78, 5) is 14.9. The first kappa shape index (κ1) is 30.6. The lowest BCUT2D eigenvalue weighted by atomic mass is 10.0. The van der Waals surface area contributed by atoms with Gasteiger partial charge in [0.15, 0.2) is 17.5 Å². The molecule has 0 saturated heterocycles. The van der Waals surface area contributed by atoms with Crippen molar-refractivity contribution in [1.29, 1.82) is 0 Å². The zero-order chi connectivity index (χ0) is 45.3. The first-order chi connectivity index (χ1) is 32.8. The first-order valence-corrected chi connectivity index (χ1v) is 20.5. The molecule has 0 spiro atoms. The van der Waals surface area contributed by atoms with E-state index in [1.807, 2.05) is 78.9 Å². The fourth-order valence-corrected chi connectivity index (χ4v) is 8.88. The smallest absolute Gasteiger partial charge is 0.164 e. The van der Waals surface area contributed by atoms with Gasteiger partial charge in [-0.15, -0.1) is 0 Å². The maximum absolute atomic E-state index is 8.95. The minimum absolute atomic E-state index is 0.0247. The number of hydrogen-bond acceptors (Lipinski definition) is 3. The number of hydrogen-bond donors (Lipinski definition) is 0. The molecule has 0 atom stereocenters. The minimum atomic E-state index is -0.489. The second kappa shape index (κ2) is 14.7. The van der Waals surface area contributed by atoms with Crippen LogP contribution in [0.2, 0.25) is 0 Å². The molecular weight excluding hydrogens is 755 g/mol. The highest BCUT2D eigenvalue weighted by atomic mass is 15.1. The fraction of sp³-hybridized carbons (Fsp3) is 0. The summed E-state index contributed by atoms with van der Waals surface area (Å²) in [5.41, 5.74) is 11.4. The Kier molecular flexibility index (Phi) is 7.25. The van der Waals surface area contributed by atoms with Crippen molar-refractivity contribution in [3.8, 4) is 67.8 Å². The molecule has 62 heavy (non-hydrogen) atoms. The van der Waals surface area contributed by atoms with E-state index in [9.17, 15) is 0 Å². The fourth-order valence-electron chi connectivity index (χ4n) is 8.88. The van der Waals surface area contributed by atoms with Crippen molar-refractivity contribution in [2.24, 2.45) is 0 Å². The van der Waals surface area contributed by atoms with Crippen molar-refractivity contribution in [1.82, 2.24) is 24.1 Å². The SMILES string of the molecule is [2H]c1c([2H])c([2H])c(-c2nc(-c3ccc(-c4ccccc4)cc3)nc(-c3ccc(-c4ccccc4)c(-n4c5ccccc5c5cccc(-n6c7ccccc7c7ccccc76)c54)c3)n2)c([2H])c1[2H]. The Morgan fingerprint density at radius 2 is 0.790 bits per heavy atom. The molecule has 0 bridgehead atoms.